The number of carbonyl (C=O) groups excluding carboxylic acids is 1. The highest BCUT2D eigenvalue weighted by Crippen LogP contribution is 2.46. The standard InChI is InChI=1S/C19H20ClNO.C7H6O2.CH4/c1-12-4-6-15(21-18(22)19(3)8-9-19)11-17(12)16-7-5-14(20)10-13(16)2;1-2-4-7-6(3-1)8-5-9-7;/h4-7,10-11H,8-9H2,1-3H3,(H,21,22);1-4H,5H2;1H4. The monoisotopic (exact) mass is 451 g/mol. The van der Waals surface area contributed by atoms with Crippen LogP contribution in [0, 0.1) is 19.3 Å². The average molecular weight is 452 g/mol. The minimum absolute atomic E-state index is 0. The van der Waals surface area contributed by atoms with Gasteiger partial charge in [-0.25, -0.2) is 0 Å². The zero-order valence-corrected chi connectivity index (χ0v) is 18.8. The van der Waals surface area contributed by atoms with Crippen LogP contribution in [-0.2, 0) is 4.79 Å². The zero-order valence-electron chi connectivity index (χ0n) is 18.0. The van der Waals surface area contributed by atoms with Gasteiger partial charge in [-0.1, -0.05) is 50.2 Å². The molecule has 4 nitrogen and oxygen atoms in total. The molecule has 0 saturated heterocycles. The number of halogens is 1. The van der Waals surface area contributed by atoms with Crippen LogP contribution in [0.1, 0.15) is 38.3 Å². The summed E-state index contributed by atoms with van der Waals surface area (Å²) in [7, 11) is 0. The molecule has 1 aliphatic heterocycles. The number of benzene rings is 3. The second-order valence-electron chi connectivity index (χ2n) is 8.36. The molecule has 1 saturated carbocycles. The van der Waals surface area contributed by atoms with E-state index in [1.54, 1.807) is 0 Å². The van der Waals surface area contributed by atoms with E-state index in [0.29, 0.717) is 6.79 Å². The molecule has 5 rings (SSSR count). The molecule has 0 radical (unpaired) electrons. The number of nitrogens with one attached hydrogen (secondary N) is 1. The maximum Gasteiger partial charge on any atom is 0.231 e. The zero-order chi connectivity index (χ0) is 22.0. The van der Waals surface area contributed by atoms with E-state index in [1.807, 2.05) is 61.5 Å². The number of hydrogen-bond acceptors (Lipinski definition) is 3. The lowest BCUT2D eigenvalue weighted by atomic mass is 9.96. The molecule has 1 amide bonds. The molecule has 1 N–H and O–H groups in total. The molecule has 1 aliphatic carbocycles. The van der Waals surface area contributed by atoms with Gasteiger partial charge < -0.3 is 14.8 Å². The van der Waals surface area contributed by atoms with Gasteiger partial charge in [0.15, 0.2) is 11.5 Å². The van der Waals surface area contributed by atoms with E-state index < -0.39 is 0 Å². The van der Waals surface area contributed by atoms with Crippen molar-refractivity contribution < 1.29 is 14.3 Å². The summed E-state index contributed by atoms with van der Waals surface area (Å²) in [5, 5.41) is 3.79. The third kappa shape index (κ3) is 5.25. The number of hydrogen-bond donors (Lipinski definition) is 1. The van der Waals surface area contributed by atoms with Gasteiger partial charge in [-0.3, -0.25) is 4.79 Å². The van der Waals surface area contributed by atoms with Crippen molar-refractivity contribution in [3.8, 4) is 22.6 Å². The molecule has 0 unspecified atom stereocenters. The summed E-state index contributed by atoms with van der Waals surface area (Å²) in [6.45, 7) is 6.51. The molecule has 5 heteroatoms. The fourth-order valence-electron chi connectivity index (χ4n) is 3.46. The second-order valence-corrected chi connectivity index (χ2v) is 8.79. The molecule has 0 spiro atoms. The van der Waals surface area contributed by atoms with Crippen LogP contribution in [0.5, 0.6) is 11.5 Å². The smallest absolute Gasteiger partial charge is 0.231 e. The molecule has 1 heterocycles. The van der Waals surface area contributed by atoms with Crippen molar-refractivity contribution in [2.24, 2.45) is 5.41 Å². The molecule has 3 aromatic carbocycles. The fourth-order valence-corrected chi connectivity index (χ4v) is 3.69. The van der Waals surface area contributed by atoms with Crippen molar-refractivity contribution in [2.45, 2.75) is 41.0 Å². The number of ether oxygens (including phenoxy) is 2. The average Bonchev–Trinajstić information content (AvgIpc) is 3.33. The Morgan fingerprint density at radius 3 is 2.16 bits per heavy atom. The number of rotatable bonds is 3. The van der Waals surface area contributed by atoms with E-state index in [0.717, 1.165) is 51.7 Å². The number of carbonyl (C=O) groups is 1. The number of aryl methyl sites for hydroxylation is 2. The van der Waals surface area contributed by atoms with Gasteiger partial charge in [0.2, 0.25) is 12.7 Å². The van der Waals surface area contributed by atoms with Gasteiger partial charge in [-0.15, -0.1) is 0 Å². The fraction of sp³-hybridized carbons (Fsp3) is 0.296. The van der Waals surface area contributed by atoms with Crippen molar-refractivity contribution in [3.05, 3.63) is 76.8 Å². The van der Waals surface area contributed by atoms with E-state index in [2.05, 4.69) is 25.2 Å². The third-order valence-corrected chi connectivity index (χ3v) is 6.04. The Morgan fingerprint density at radius 2 is 1.56 bits per heavy atom. The van der Waals surface area contributed by atoms with Crippen molar-refractivity contribution >= 4 is 23.2 Å². The van der Waals surface area contributed by atoms with E-state index in [1.165, 1.54) is 5.56 Å². The highest BCUT2D eigenvalue weighted by molar-refractivity contribution is 6.30. The lowest BCUT2D eigenvalue weighted by Crippen LogP contribution is -2.21. The molecular formula is C27H30ClNO3. The maximum atomic E-state index is 12.2. The van der Waals surface area contributed by atoms with Crippen LogP contribution in [0.3, 0.4) is 0 Å². The van der Waals surface area contributed by atoms with Gasteiger partial charge in [0, 0.05) is 16.1 Å². The number of amides is 1. The summed E-state index contributed by atoms with van der Waals surface area (Å²) in [5.41, 5.74) is 5.28. The number of para-hydroxylation sites is 2. The topological polar surface area (TPSA) is 47.6 Å². The Kier molecular flexibility index (Phi) is 7.15. The molecule has 0 bridgehead atoms. The van der Waals surface area contributed by atoms with E-state index in [4.69, 9.17) is 21.1 Å². The van der Waals surface area contributed by atoms with E-state index in [-0.39, 0.29) is 18.7 Å². The van der Waals surface area contributed by atoms with Gasteiger partial charge in [0.25, 0.3) is 0 Å². The first-order valence-corrected chi connectivity index (χ1v) is 10.8. The molecule has 0 atom stereocenters. The Morgan fingerprint density at radius 1 is 0.906 bits per heavy atom. The first-order chi connectivity index (χ1) is 14.9. The molecule has 168 valence electrons. The lowest BCUT2D eigenvalue weighted by molar-refractivity contribution is -0.120. The van der Waals surface area contributed by atoms with Gasteiger partial charge in [-0.05, 0) is 85.3 Å². The van der Waals surface area contributed by atoms with Crippen LogP contribution in [0.2, 0.25) is 5.02 Å². The predicted molar refractivity (Wildman–Crippen MR) is 132 cm³/mol. The second kappa shape index (κ2) is 9.66. The van der Waals surface area contributed by atoms with E-state index >= 15 is 0 Å². The first-order valence-electron chi connectivity index (χ1n) is 10.4. The van der Waals surface area contributed by atoms with Crippen LogP contribution in [0.4, 0.5) is 5.69 Å². The lowest BCUT2D eigenvalue weighted by Gasteiger charge is -2.14. The van der Waals surface area contributed by atoms with E-state index in [9.17, 15) is 4.79 Å². The van der Waals surface area contributed by atoms with Gasteiger partial charge >= 0.3 is 0 Å². The van der Waals surface area contributed by atoms with Crippen LogP contribution in [0.25, 0.3) is 11.1 Å². The predicted octanol–water partition coefficient (Wildman–Crippen LogP) is 7.41. The van der Waals surface area contributed by atoms with Crippen molar-refractivity contribution in [2.75, 3.05) is 12.1 Å². The Balaban J connectivity index is 0.000000241. The van der Waals surface area contributed by atoms with Crippen molar-refractivity contribution in [1.82, 2.24) is 0 Å². The molecule has 32 heavy (non-hydrogen) atoms. The van der Waals surface area contributed by atoms with Crippen LogP contribution < -0.4 is 14.8 Å². The van der Waals surface area contributed by atoms with Gasteiger partial charge in [-0.2, -0.15) is 0 Å². The minimum atomic E-state index is -0.165. The minimum Gasteiger partial charge on any atom is -0.454 e. The Hall–Kier alpha value is -2.98. The van der Waals surface area contributed by atoms with Gasteiger partial charge in [0.05, 0.1) is 0 Å². The summed E-state index contributed by atoms with van der Waals surface area (Å²) < 4.78 is 10.2. The summed E-state index contributed by atoms with van der Waals surface area (Å²) in [6.07, 6.45) is 1.96. The molecule has 1 fully saturated rings. The van der Waals surface area contributed by atoms with Gasteiger partial charge in [0.1, 0.15) is 0 Å². The van der Waals surface area contributed by atoms with Crippen molar-refractivity contribution in [1.29, 1.82) is 0 Å². The SMILES string of the molecule is C.Cc1cc(Cl)ccc1-c1cc(NC(=O)C2(C)CC2)ccc1C.c1ccc2c(c1)OCO2. The molecule has 0 aromatic heterocycles. The van der Waals surface area contributed by atoms with Crippen LogP contribution in [-0.4, -0.2) is 12.7 Å². The Bertz CT molecular complexity index is 1100. The summed E-state index contributed by atoms with van der Waals surface area (Å²) in [5.74, 6) is 1.81. The summed E-state index contributed by atoms with van der Waals surface area (Å²) in [4.78, 5) is 12.2. The summed E-state index contributed by atoms with van der Waals surface area (Å²) in [6, 6.07) is 19.6. The molecule has 2 aliphatic rings. The molecular weight excluding hydrogens is 422 g/mol. The highest BCUT2D eigenvalue weighted by atomic mass is 35.5. The quantitative estimate of drug-likeness (QED) is 0.450. The number of anilines is 1. The third-order valence-electron chi connectivity index (χ3n) is 5.80. The normalized spacial score (nSPS) is 14.5. The largest absolute Gasteiger partial charge is 0.454 e. The van der Waals surface area contributed by atoms with Crippen molar-refractivity contribution in [3.63, 3.8) is 0 Å². The Labute approximate surface area is 195 Å². The van der Waals surface area contributed by atoms with Crippen LogP contribution >= 0.6 is 11.6 Å². The summed E-state index contributed by atoms with van der Waals surface area (Å²) >= 11 is 6.04. The maximum absolute atomic E-state index is 12.2. The first kappa shape index (κ1) is 23.7. The van der Waals surface area contributed by atoms with Crippen LogP contribution in [0.15, 0.2) is 60.7 Å². The molecule has 3 aromatic rings. The highest BCUT2D eigenvalue weighted by Gasteiger charge is 2.44. The number of fused-ring (bicyclic) bond motifs is 1.